The molecular formula is C22H21ClF3N3O4S. The molecule has 182 valence electrons. The second-order valence-electron chi connectivity index (χ2n) is 7.75. The van der Waals surface area contributed by atoms with E-state index in [1.165, 1.54) is 18.0 Å². The summed E-state index contributed by atoms with van der Waals surface area (Å²) in [5.74, 6) is -3.84. The molecule has 0 bridgehead atoms. The molecule has 1 aliphatic heterocycles. The van der Waals surface area contributed by atoms with Crippen LogP contribution in [0.15, 0.2) is 42.6 Å². The van der Waals surface area contributed by atoms with Crippen molar-refractivity contribution in [2.24, 2.45) is 0 Å². The van der Waals surface area contributed by atoms with Crippen molar-refractivity contribution >= 4 is 23.4 Å². The van der Waals surface area contributed by atoms with Crippen LogP contribution in [-0.2, 0) is 11.2 Å². The predicted molar refractivity (Wildman–Crippen MR) is 120 cm³/mol. The van der Waals surface area contributed by atoms with Crippen LogP contribution in [-0.4, -0.2) is 66.4 Å². The smallest absolute Gasteiger partial charge is 0.194 e. The molecule has 1 aliphatic rings. The van der Waals surface area contributed by atoms with Gasteiger partial charge in [-0.15, -0.1) is 16.9 Å². The summed E-state index contributed by atoms with van der Waals surface area (Å²) in [5.41, 5.74) is 0.0496. The van der Waals surface area contributed by atoms with E-state index in [1.807, 2.05) is 18.2 Å². The van der Waals surface area contributed by atoms with Gasteiger partial charge in [0.15, 0.2) is 17.5 Å². The number of hydrogen-bond donors (Lipinski definition) is 3. The largest absolute Gasteiger partial charge is 0.394 e. The zero-order valence-electron chi connectivity index (χ0n) is 17.6. The molecule has 1 saturated heterocycles. The van der Waals surface area contributed by atoms with E-state index in [-0.39, 0.29) is 11.3 Å². The Hall–Kier alpha value is -2.15. The summed E-state index contributed by atoms with van der Waals surface area (Å²) in [6.07, 6.45) is -1.75. The molecule has 2 aromatic carbocycles. The first-order valence-electron chi connectivity index (χ1n) is 10.3. The quantitative estimate of drug-likeness (QED) is 0.416. The van der Waals surface area contributed by atoms with Crippen LogP contribution in [0.5, 0.6) is 0 Å². The number of thioether (sulfide) groups is 1. The SMILES string of the molecule is OCC1OC(SCCc2ccccc2Cl)C(O)C(n2cc(-c3cc(F)c(F)c(F)c3)nn2)C1O. The summed E-state index contributed by atoms with van der Waals surface area (Å²) in [6, 6.07) is 7.84. The summed E-state index contributed by atoms with van der Waals surface area (Å²) in [6.45, 7) is -0.512. The average molecular weight is 516 g/mol. The van der Waals surface area contributed by atoms with Crippen LogP contribution in [0.25, 0.3) is 11.3 Å². The van der Waals surface area contributed by atoms with Crippen molar-refractivity contribution in [3.63, 3.8) is 0 Å². The molecule has 1 aromatic heterocycles. The van der Waals surface area contributed by atoms with Gasteiger partial charge in [-0.1, -0.05) is 35.0 Å². The highest BCUT2D eigenvalue weighted by Gasteiger charge is 2.46. The van der Waals surface area contributed by atoms with E-state index in [9.17, 15) is 28.5 Å². The topological polar surface area (TPSA) is 101 Å². The van der Waals surface area contributed by atoms with Crippen LogP contribution in [0, 0.1) is 17.5 Å². The van der Waals surface area contributed by atoms with Crippen molar-refractivity contribution in [2.45, 2.75) is 36.2 Å². The maximum Gasteiger partial charge on any atom is 0.194 e. The molecule has 4 rings (SSSR count). The highest BCUT2D eigenvalue weighted by molar-refractivity contribution is 7.99. The molecule has 3 aromatic rings. The van der Waals surface area contributed by atoms with Gasteiger partial charge in [0, 0.05) is 10.6 Å². The van der Waals surface area contributed by atoms with E-state index < -0.39 is 53.8 Å². The third-order valence-corrected chi connectivity index (χ3v) is 7.08. The minimum Gasteiger partial charge on any atom is -0.394 e. The molecule has 1 fully saturated rings. The van der Waals surface area contributed by atoms with Gasteiger partial charge in [-0.05, 0) is 35.9 Å². The summed E-state index contributed by atoms with van der Waals surface area (Å²) >= 11 is 7.46. The molecule has 0 radical (unpaired) electrons. The van der Waals surface area contributed by atoms with E-state index >= 15 is 0 Å². The van der Waals surface area contributed by atoms with E-state index in [0.717, 1.165) is 22.4 Å². The Bertz CT molecular complexity index is 1130. The molecule has 3 N–H and O–H groups in total. The number of hydrogen-bond acceptors (Lipinski definition) is 7. The molecule has 34 heavy (non-hydrogen) atoms. The Kier molecular flexibility index (Phi) is 7.80. The van der Waals surface area contributed by atoms with E-state index in [2.05, 4.69) is 10.3 Å². The molecule has 12 heteroatoms. The summed E-state index contributed by atoms with van der Waals surface area (Å²) in [4.78, 5) is 0. The molecule has 0 spiro atoms. The van der Waals surface area contributed by atoms with Crippen molar-refractivity contribution in [2.75, 3.05) is 12.4 Å². The summed E-state index contributed by atoms with van der Waals surface area (Å²) in [5, 5.41) is 39.7. The van der Waals surface area contributed by atoms with Crippen LogP contribution >= 0.6 is 23.4 Å². The van der Waals surface area contributed by atoms with Gasteiger partial charge in [0.25, 0.3) is 0 Å². The van der Waals surface area contributed by atoms with Crippen molar-refractivity contribution in [3.05, 3.63) is 70.6 Å². The molecule has 5 unspecified atom stereocenters. The number of aryl methyl sites for hydroxylation is 1. The van der Waals surface area contributed by atoms with Gasteiger partial charge in [0.1, 0.15) is 35.5 Å². The van der Waals surface area contributed by atoms with Crippen LogP contribution < -0.4 is 0 Å². The van der Waals surface area contributed by atoms with Crippen molar-refractivity contribution < 1.29 is 33.2 Å². The van der Waals surface area contributed by atoms with Gasteiger partial charge in [-0.3, -0.25) is 0 Å². The first kappa shape index (κ1) is 25.0. The number of aromatic nitrogens is 3. The molecular weight excluding hydrogens is 495 g/mol. The molecule has 7 nitrogen and oxygen atoms in total. The second-order valence-corrected chi connectivity index (χ2v) is 9.36. The number of ether oxygens (including phenoxy) is 1. The Morgan fingerprint density at radius 1 is 1.09 bits per heavy atom. The van der Waals surface area contributed by atoms with Crippen LogP contribution in [0.4, 0.5) is 13.2 Å². The van der Waals surface area contributed by atoms with Crippen LogP contribution in [0.3, 0.4) is 0 Å². The zero-order valence-corrected chi connectivity index (χ0v) is 19.1. The van der Waals surface area contributed by atoms with Gasteiger partial charge >= 0.3 is 0 Å². The van der Waals surface area contributed by atoms with E-state index in [4.69, 9.17) is 16.3 Å². The zero-order chi connectivity index (χ0) is 24.4. The lowest BCUT2D eigenvalue weighted by Crippen LogP contribution is -2.55. The number of nitrogens with zero attached hydrogens (tertiary/aromatic N) is 3. The maximum atomic E-state index is 13.6. The number of aliphatic hydroxyl groups is 3. The lowest BCUT2D eigenvalue weighted by Gasteiger charge is -2.41. The van der Waals surface area contributed by atoms with Crippen LogP contribution in [0.1, 0.15) is 11.6 Å². The molecule has 0 aliphatic carbocycles. The summed E-state index contributed by atoms with van der Waals surface area (Å²) < 4.78 is 47.4. The fourth-order valence-corrected chi connectivity index (χ4v) is 5.14. The Balaban J connectivity index is 1.53. The van der Waals surface area contributed by atoms with E-state index in [1.54, 1.807) is 6.07 Å². The Morgan fingerprint density at radius 3 is 2.47 bits per heavy atom. The van der Waals surface area contributed by atoms with Crippen molar-refractivity contribution in [3.8, 4) is 11.3 Å². The monoisotopic (exact) mass is 515 g/mol. The van der Waals surface area contributed by atoms with Gasteiger partial charge < -0.3 is 20.1 Å². The van der Waals surface area contributed by atoms with Crippen molar-refractivity contribution in [1.82, 2.24) is 15.0 Å². The minimum atomic E-state index is -1.60. The second kappa shape index (κ2) is 10.6. The number of aliphatic hydroxyl groups excluding tert-OH is 3. The first-order chi connectivity index (χ1) is 16.3. The molecule has 0 saturated carbocycles. The maximum absolute atomic E-state index is 13.6. The van der Waals surface area contributed by atoms with E-state index in [0.29, 0.717) is 17.2 Å². The van der Waals surface area contributed by atoms with Crippen LogP contribution in [0.2, 0.25) is 5.02 Å². The highest BCUT2D eigenvalue weighted by atomic mass is 35.5. The summed E-state index contributed by atoms with van der Waals surface area (Å²) in [7, 11) is 0. The first-order valence-corrected chi connectivity index (χ1v) is 11.8. The highest BCUT2D eigenvalue weighted by Crippen LogP contribution is 2.36. The Labute approximate surface area is 202 Å². The predicted octanol–water partition coefficient (Wildman–Crippen LogP) is 2.97. The lowest BCUT2D eigenvalue weighted by molar-refractivity contribution is -0.178. The van der Waals surface area contributed by atoms with Crippen molar-refractivity contribution in [1.29, 1.82) is 0 Å². The number of rotatable bonds is 7. The Morgan fingerprint density at radius 2 is 1.79 bits per heavy atom. The molecule has 5 atom stereocenters. The minimum absolute atomic E-state index is 0.00663. The fourth-order valence-electron chi connectivity index (χ4n) is 3.76. The average Bonchev–Trinajstić information content (AvgIpc) is 3.29. The normalized spacial score (nSPS) is 25.0. The lowest BCUT2D eigenvalue weighted by atomic mass is 9.97. The molecule has 2 heterocycles. The third-order valence-electron chi connectivity index (χ3n) is 5.56. The van der Waals surface area contributed by atoms with Gasteiger partial charge in [-0.2, -0.15) is 0 Å². The standard InChI is InChI=1S/C22H21ClF3N3O4S/c23-13-4-2-1-3-11(13)5-6-34-22-21(32)19(20(31)17(10-30)33-22)29-9-16(27-28-29)12-7-14(24)18(26)15(25)8-12/h1-4,7-9,17,19-22,30-32H,5-6,10H2. The van der Waals surface area contributed by atoms with Gasteiger partial charge in [0.05, 0.1) is 12.8 Å². The fraction of sp³-hybridized carbons (Fsp3) is 0.364. The number of halogens is 4. The third kappa shape index (κ3) is 5.09. The van der Waals surface area contributed by atoms with Gasteiger partial charge in [-0.25, -0.2) is 17.9 Å². The van der Waals surface area contributed by atoms with Gasteiger partial charge in [0.2, 0.25) is 0 Å². The molecule has 0 amide bonds. The number of benzene rings is 2.